The summed E-state index contributed by atoms with van der Waals surface area (Å²) in [7, 11) is 0. The normalized spacial score (nSPS) is 12.5. The van der Waals surface area contributed by atoms with Crippen molar-refractivity contribution in [1.29, 1.82) is 0 Å². The van der Waals surface area contributed by atoms with Crippen LogP contribution in [0.15, 0.2) is 23.8 Å². The molecular weight excluding hydrogens is 360 g/mol. The molecule has 0 heterocycles. The molecule has 0 rings (SSSR count). The summed E-state index contributed by atoms with van der Waals surface area (Å²) in [5, 5.41) is 0. The maximum Gasteiger partial charge on any atom is -0.0234 e. The molecule has 0 bridgehead atoms. The lowest BCUT2D eigenvalue weighted by molar-refractivity contribution is 0.477. The van der Waals surface area contributed by atoms with Crippen molar-refractivity contribution in [2.75, 3.05) is 0 Å². The molecule has 0 saturated heterocycles. The first-order valence-corrected chi connectivity index (χ1v) is 14.1. The van der Waals surface area contributed by atoms with Crippen LogP contribution in [0.25, 0.3) is 0 Å². The first-order valence-electron chi connectivity index (χ1n) is 14.1. The number of unbranched alkanes of at least 4 members (excludes halogenated alkanes) is 12. The van der Waals surface area contributed by atoms with Gasteiger partial charge < -0.3 is 0 Å². The monoisotopic (exact) mass is 418 g/mol. The predicted octanol–water partition coefficient (Wildman–Crippen LogP) is 11.4. The molecule has 0 aliphatic heterocycles. The molecule has 178 valence electrons. The summed E-state index contributed by atoms with van der Waals surface area (Å²) >= 11 is 0. The molecule has 0 radical (unpaired) electrons. The zero-order valence-electron chi connectivity index (χ0n) is 21.7. The van der Waals surface area contributed by atoms with E-state index in [1.54, 1.807) is 5.57 Å². The molecule has 0 heteroatoms. The molecule has 1 atom stereocenters. The van der Waals surface area contributed by atoms with Crippen molar-refractivity contribution in [3.05, 3.63) is 23.8 Å². The van der Waals surface area contributed by atoms with Gasteiger partial charge in [-0.15, -0.1) is 0 Å². The van der Waals surface area contributed by atoms with Crippen molar-refractivity contribution in [2.45, 2.75) is 163 Å². The fourth-order valence-corrected chi connectivity index (χ4v) is 4.30. The Morgan fingerprint density at radius 2 is 1.07 bits per heavy atom. The van der Waals surface area contributed by atoms with E-state index in [4.69, 9.17) is 0 Å². The number of allylic oxidation sites excluding steroid dienone is 4. The molecule has 0 amide bonds. The minimum atomic E-state index is 0.846. The van der Waals surface area contributed by atoms with Crippen LogP contribution in [0, 0.1) is 5.92 Å². The third kappa shape index (κ3) is 20.7. The molecule has 0 nitrogen and oxygen atoms in total. The van der Waals surface area contributed by atoms with Crippen molar-refractivity contribution in [2.24, 2.45) is 5.92 Å². The Bertz CT molecular complexity index is 365. The van der Waals surface area contributed by atoms with Gasteiger partial charge in [0, 0.05) is 0 Å². The van der Waals surface area contributed by atoms with Gasteiger partial charge in [0.2, 0.25) is 0 Å². The van der Waals surface area contributed by atoms with E-state index < -0.39 is 0 Å². The zero-order chi connectivity index (χ0) is 22.1. The van der Waals surface area contributed by atoms with Crippen LogP contribution in [0.2, 0.25) is 0 Å². The SMILES string of the molecule is CCCCCCCCC(/C=C/CCCCCC=C(CCCC)CCCC)CCCC. The van der Waals surface area contributed by atoms with Gasteiger partial charge in [-0.25, -0.2) is 0 Å². The lowest BCUT2D eigenvalue weighted by Gasteiger charge is -2.12. The van der Waals surface area contributed by atoms with Gasteiger partial charge in [-0.05, 0) is 70.1 Å². The largest absolute Gasteiger partial charge is 0.0883 e. The molecule has 1 unspecified atom stereocenters. The van der Waals surface area contributed by atoms with Gasteiger partial charge in [0.1, 0.15) is 0 Å². The van der Waals surface area contributed by atoms with E-state index >= 15 is 0 Å². The van der Waals surface area contributed by atoms with Crippen molar-refractivity contribution in [1.82, 2.24) is 0 Å². The lowest BCUT2D eigenvalue weighted by atomic mass is 9.94. The summed E-state index contributed by atoms with van der Waals surface area (Å²) in [6, 6.07) is 0. The van der Waals surface area contributed by atoms with Crippen LogP contribution in [0.4, 0.5) is 0 Å². The third-order valence-corrected chi connectivity index (χ3v) is 6.48. The van der Waals surface area contributed by atoms with Crippen molar-refractivity contribution in [3.63, 3.8) is 0 Å². The summed E-state index contributed by atoms with van der Waals surface area (Å²) in [4.78, 5) is 0. The minimum absolute atomic E-state index is 0.846. The van der Waals surface area contributed by atoms with E-state index in [1.165, 1.54) is 135 Å². The maximum atomic E-state index is 2.59. The van der Waals surface area contributed by atoms with Crippen LogP contribution >= 0.6 is 0 Å². The highest BCUT2D eigenvalue weighted by molar-refractivity contribution is 5.01. The molecule has 0 aliphatic carbocycles. The molecule has 0 aromatic rings. The van der Waals surface area contributed by atoms with Gasteiger partial charge in [-0.1, -0.05) is 122 Å². The van der Waals surface area contributed by atoms with Gasteiger partial charge in [0.25, 0.3) is 0 Å². The standard InChI is InChI=1S/C30H58/c1-5-9-13-14-17-20-27-30(25-12-8-4)28-22-19-16-15-18-21-26-29(23-10-6-2)24-11-7-3/h22,26,28,30H,5-21,23-25,27H2,1-4H3/b28-22+. The Kier molecular flexibility index (Phi) is 24.3. The third-order valence-electron chi connectivity index (χ3n) is 6.48. The highest BCUT2D eigenvalue weighted by Crippen LogP contribution is 2.20. The summed E-state index contributed by atoms with van der Waals surface area (Å²) < 4.78 is 0. The van der Waals surface area contributed by atoms with Crippen molar-refractivity contribution >= 4 is 0 Å². The molecule has 0 spiro atoms. The first kappa shape index (κ1) is 29.5. The Labute approximate surface area is 192 Å². The smallest absolute Gasteiger partial charge is 0.0234 e. The summed E-state index contributed by atoms with van der Waals surface area (Å²) in [6.07, 6.45) is 36.7. The Morgan fingerprint density at radius 3 is 1.73 bits per heavy atom. The zero-order valence-corrected chi connectivity index (χ0v) is 21.7. The van der Waals surface area contributed by atoms with E-state index in [0.29, 0.717) is 0 Å². The van der Waals surface area contributed by atoms with Crippen LogP contribution < -0.4 is 0 Å². The maximum absolute atomic E-state index is 2.59. The Morgan fingerprint density at radius 1 is 0.533 bits per heavy atom. The first-order chi connectivity index (χ1) is 14.8. The number of hydrogen-bond acceptors (Lipinski definition) is 0. The summed E-state index contributed by atoms with van der Waals surface area (Å²) in [5.41, 5.74) is 1.74. The second-order valence-electron chi connectivity index (χ2n) is 9.59. The topological polar surface area (TPSA) is 0 Å². The Hall–Kier alpha value is -0.520. The van der Waals surface area contributed by atoms with E-state index in [-0.39, 0.29) is 0 Å². The van der Waals surface area contributed by atoms with Gasteiger partial charge in [-0.2, -0.15) is 0 Å². The highest BCUT2D eigenvalue weighted by Gasteiger charge is 2.04. The molecule has 0 fully saturated rings. The predicted molar refractivity (Wildman–Crippen MR) is 140 cm³/mol. The fraction of sp³-hybridized carbons (Fsp3) is 0.867. The highest BCUT2D eigenvalue weighted by atomic mass is 14.1. The molecule has 30 heavy (non-hydrogen) atoms. The second-order valence-corrected chi connectivity index (χ2v) is 9.59. The van der Waals surface area contributed by atoms with E-state index in [0.717, 1.165) is 5.92 Å². The van der Waals surface area contributed by atoms with Crippen LogP contribution in [-0.4, -0.2) is 0 Å². The van der Waals surface area contributed by atoms with Crippen molar-refractivity contribution in [3.8, 4) is 0 Å². The molecule has 0 aromatic heterocycles. The van der Waals surface area contributed by atoms with E-state index in [9.17, 15) is 0 Å². The molecule has 0 aromatic carbocycles. The van der Waals surface area contributed by atoms with Crippen LogP contribution in [0.3, 0.4) is 0 Å². The molecule has 0 aliphatic rings. The van der Waals surface area contributed by atoms with Crippen LogP contribution in [-0.2, 0) is 0 Å². The lowest BCUT2D eigenvalue weighted by Crippen LogP contribution is -1.97. The fourth-order valence-electron chi connectivity index (χ4n) is 4.30. The minimum Gasteiger partial charge on any atom is -0.0883 e. The molecular formula is C30H58. The summed E-state index contributed by atoms with van der Waals surface area (Å²) in [6.45, 7) is 9.26. The van der Waals surface area contributed by atoms with Crippen LogP contribution in [0.5, 0.6) is 0 Å². The quantitative estimate of drug-likeness (QED) is 0.114. The van der Waals surface area contributed by atoms with E-state index in [2.05, 4.69) is 45.9 Å². The summed E-state index contributed by atoms with van der Waals surface area (Å²) in [5.74, 6) is 0.846. The van der Waals surface area contributed by atoms with Crippen LogP contribution in [0.1, 0.15) is 163 Å². The van der Waals surface area contributed by atoms with E-state index in [1.807, 2.05) is 0 Å². The van der Waals surface area contributed by atoms with Crippen molar-refractivity contribution < 1.29 is 0 Å². The Balaban J connectivity index is 3.97. The average molecular weight is 419 g/mol. The van der Waals surface area contributed by atoms with Gasteiger partial charge in [-0.3, -0.25) is 0 Å². The molecule has 0 N–H and O–H groups in total. The second kappa shape index (κ2) is 24.7. The number of hydrogen-bond donors (Lipinski definition) is 0. The average Bonchev–Trinajstić information content (AvgIpc) is 2.76. The van der Waals surface area contributed by atoms with Gasteiger partial charge in [0.05, 0.1) is 0 Å². The number of rotatable bonds is 23. The van der Waals surface area contributed by atoms with Gasteiger partial charge in [0.15, 0.2) is 0 Å². The van der Waals surface area contributed by atoms with Gasteiger partial charge >= 0.3 is 0 Å². The molecule has 0 saturated carbocycles.